The fourth-order valence-corrected chi connectivity index (χ4v) is 10.4. The number of ether oxygens (including phenoxy) is 1. The van der Waals surface area contributed by atoms with E-state index in [1.807, 2.05) is 0 Å². The molecule has 1 saturated carbocycles. The monoisotopic (exact) mass is 1010 g/mol. The Labute approximate surface area is 400 Å². The second-order valence-electron chi connectivity index (χ2n) is 18.6. The molecule has 7 aromatic rings. The number of nitrogens with one attached hydrogen (secondary N) is 1. The smallest absolute Gasteiger partial charge is 0.293 e. The Balaban J connectivity index is 1.26. The minimum absolute atomic E-state index is 0.00311. The maximum atomic E-state index is 15.7. The number of hydrogen-bond donors (Lipinski definition) is 1. The second kappa shape index (κ2) is 17.3. The summed E-state index contributed by atoms with van der Waals surface area (Å²) in [5, 5.41) is 11.0. The molecule has 4 aromatic carbocycles. The van der Waals surface area contributed by atoms with Crippen LogP contribution in [0.1, 0.15) is 89.8 Å². The molecule has 0 bridgehead atoms. The van der Waals surface area contributed by atoms with E-state index in [0.717, 1.165) is 27.3 Å². The third-order valence-electron chi connectivity index (χ3n) is 12.6. The maximum absolute atomic E-state index is 15.7. The van der Waals surface area contributed by atoms with Crippen LogP contribution in [0.5, 0.6) is 5.75 Å². The van der Waals surface area contributed by atoms with Gasteiger partial charge in [0.1, 0.15) is 41.1 Å². The van der Waals surface area contributed by atoms with Crippen molar-refractivity contribution in [3.05, 3.63) is 139 Å². The van der Waals surface area contributed by atoms with Gasteiger partial charge in [-0.15, -0.1) is 0 Å². The van der Waals surface area contributed by atoms with Gasteiger partial charge in [0.2, 0.25) is 15.9 Å². The number of sulfonamides is 1. The van der Waals surface area contributed by atoms with Crippen LogP contribution in [-0.2, 0) is 47.3 Å². The van der Waals surface area contributed by atoms with E-state index in [-0.39, 0.29) is 79.6 Å². The highest BCUT2D eigenvalue weighted by Crippen LogP contribution is 2.68. The largest absolute Gasteiger partial charge is 0.497 e. The number of rotatable bonds is 14. The molecule has 0 unspecified atom stereocenters. The van der Waals surface area contributed by atoms with E-state index < -0.39 is 93.1 Å². The lowest BCUT2D eigenvalue weighted by Crippen LogP contribution is -2.38. The summed E-state index contributed by atoms with van der Waals surface area (Å²) in [4.78, 5) is 48.0. The number of fused-ring (bicyclic) bond motifs is 5. The van der Waals surface area contributed by atoms with E-state index in [1.165, 1.54) is 49.2 Å². The predicted octanol–water partition coefficient (Wildman–Crippen LogP) is 8.85. The van der Waals surface area contributed by atoms with Crippen molar-refractivity contribution in [1.29, 1.82) is 0 Å². The van der Waals surface area contributed by atoms with E-state index in [9.17, 15) is 35.6 Å². The van der Waals surface area contributed by atoms with Crippen LogP contribution in [0.25, 0.3) is 27.5 Å². The molecule has 3 atom stereocenters. The van der Waals surface area contributed by atoms with Crippen LogP contribution in [0.15, 0.2) is 77.6 Å². The lowest BCUT2D eigenvalue weighted by molar-refractivity contribution is -0.123. The summed E-state index contributed by atoms with van der Waals surface area (Å²) in [6, 6.07) is 14.5. The standard InChI is InChI=1S/C48H43ClF6N8O6S/c1-47(2,3)42(65)25-9-12-29-33(18-25)57-44(34(17-24-15-26(50)19-27(51)16-24)56-36(64)22-61-41-37(39(58-61)43(52)53)30-20-31(30)48(41,54)55)63(46(29)66)35-14-13-32(49)38-40(35)60(4)59-45(38)62(70(6,67)68)21-23-7-10-28(69-5)11-8-23/h7-16,18-19,30-31,34,43H,17,20-22H2,1-6H3,(H,56,64)/t30-,31+,34-/m0/s1. The molecule has 1 fully saturated rings. The Bertz CT molecular complexity index is 3460. The van der Waals surface area contributed by atoms with Gasteiger partial charge in [0.05, 0.1) is 58.5 Å². The van der Waals surface area contributed by atoms with Crippen molar-refractivity contribution >= 4 is 60.9 Å². The minimum Gasteiger partial charge on any atom is -0.497 e. The van der Waals surface area contributed by atoms with Crippen molar-refractivity contribution in [3.63, 3.8) is 0 Å². The molecule has 14 nitrogen and oxygen atoms in total. The van der Waals surface area contributed by atoms with Crippen LogP contribution in [-0.4, -0.2) is 62.6 Å². The van der Waals surface area contributed by atoms with E-state index in [1.54, 1.807) is 45.0 Å². The quantitative estimate of drug-likeness (QED) is 0.0829. The SMILES string of the molecule is COc1ccc(CN(c2nn(C)c3c(-n4c([C@H](Cc5cc(F)cc(F)c5)NC(=O)Cn5nc(C(F)F)c6c5C(F)(F)[C@@H]5C[C@H]65)nc5cc(C(=O)C(C)(C)C)ccc5c4=O)ccc(Cl)c23)S(C)(=O)=O)cc1. The molecule has 0 radical (unpaired) electrons. The average Bonchev–Trinajstić information content (AvgIpc) is 3.81. The number of hydrogen-bond acceptors (Lipinski definition) is 9. The zero-order chi connectivity index (χ0) is 50.5. The number of ketones is 1. The number of aryl methyl sites for hydroxylation is 1. The summed E-state index contributed by atoms with van der Waals surface area (Å²) >= 11 is 6.91. The predicted molar refractivity (Wildman–Crippen MR) is 247 cm³/mol. The third kappa shape index (κ3) is 8.55. The molecular weight excluding hydrogens is 966 g/mol. The van der Waals surface area contributed by atoms with Gasteiger partial charge < -0.3 is 10.1 Å². The summed E-state index contributed by atoms with van der Waals surface area (Å²) in [7, 11) is -1.18. The Morgan fingerprint density at radius 3 is 2.30 bits per heavy atom. The third-order valence-corrected chi connectivity index (χ3v) is 14.0. The van der Waals surface area contributed by atoms with E-state index in [4.69, 9.17) is 21.3 Å². The summed E-state index contributed by atoms with van der Waals surface area (Å²) in [5.74, 6) is -9.03. The number of methoxy groups -OCH3 is 1. The van der Waals surface area contributed by atoms with Crippen LogP contribution >= 0.6 is 11.6 Å². The number of carbonyl (C=O) groups excluding carboxylic acids is 2. The molecule has 0 saturated heterocycles. The Morgan fingerprint density at radius 2 is 1.67 bits per heavy atom. The Hall–Kier alpha value is -6.74. The average molecular weight is 1010 g/mol. The number of benzene rings is 4. The zero-order valence-electron chi connectivity index (χ0n) is 38.2. The van der Waals surface area contributed by atoms with E-state index in [0.29, 0.717) is 22.1 Å². The van der Waals surface area contributed by atoms with Crippen molar-refractivity contribution in [1.82, 2.24) is 34.4 Å². The highest BCUT2D eigenvalue weighted by Gasteiger charge is 2.67. The molecule has 3 aromatic heterocycles. The van der Waals surface area contributed by atoms with Crippen LogP contribution in [0.3, 0.4) is 0 Å². The number of alkyl halides is 4. The first-order valence-electron chi connectivity index (χ1n) is 21.8. The highest BCUT2D eigenvalue weighted by atomic mass is 35.5. The van der Waals surface area contributed by atoms with Gasteiger partial charge in [0.15, 0.2) is 11.6 Å². The fourth-order valence-electron chi connectivity index (χ4n) is 9.31. The van der Waals surface area contributed by atoms with Crippen LogP contribution in [0.4, 0.5) is 32.2 Å². The summed E-state index contributed by atoms with van der Waals surface area (Å²) in [5.41, 5.74) is -3.08. The lowest BCUT2D eigenvalue weighted by Gasteiger charge is -2.24. The van der Waals surface area contributed by atoms with Gasteiger partial charge in [-0.05, 0) is 72.0 Å². The summed E-state index contributed by atoms with van der Waals surface area (Å²) < 4.78 is 126. The molecule has 0 aliphatic heterocycles. The maximum Gasteiger partial charge on any atom is 0.293 e. The number of carbonyl (C=O) groups is 2. The number of halogens is 7. The van der Waals surface area contributed by atoms with Crippen LogP contribution in [0, 0.1) is 23.0 Å². The van der Waals surface area contributed by atoms with Gasteiger partial charge in [-0.3, -0.25) is 28.3 Å². The van der Waals surface area contributed by atoms with Crippen LogP contribution in [0.2, 0.25) is 5.02 Å². The Morgan fingerprint density at radius 1 is 0.986 bits per heavy atom. The van der Waals surface area contributed by atoms with Gasteiger partial charge in [-0.25, -0.2) is 35.3 Å². The molecule has 70 heavy (non-hydrogen) atoms. The van der Waals surface area contributed by atoms with Crippen molar-refractivity contribution in [3.8, 4) is 11.4 Å². The lowest BCUT2D eigenvalue weighted by atomic mass is 9.86. The number of amides is 1. The summed E-state index contributed by atoms with van der Waals surface area (Å²) in [6.07, 6.45) is -2.80. The molecule has 1 amide bonds. The molecule has 1 N–H and O–H groups in total. The van der Waals surface area contributed by atoms with E-state index in [2.05, 4.69) is 15.5 Å². The number of Topliss-reactive ketones (excluding diaryl/α,β-unsaturated/α-hetero) is 1. The van der Waals surface area contributed by atoms with Gasteiger partial charge in [-0.2, -0.15) is 19.0 Å². The van der Waals surface area contributed by atoms with Crippen molar-refractivity contribution in [2.75, 3.05) is 17.7 Å². The molecule has 2 aliphatic rings. The molecule has 9 rings (SSSR count). The minimum atomic E-state index is -4.13. The molecule has 0 spiro atoms. The van der Waals surface area contributed by atoms with Crippen molar-refractivity contribution in [2.45, 2.75) is 71.0 Å². The zero-order valence-corrected chi connectivity index (χ0v) is 39.8. The fraction of sp³-hybridized carbons (Fsp3) is 0.333. The number of anilines is 1. The normalized spacial score (nSPS) is 16.7. The summed E-state index contributed by atoms with van der Waals surface area (Å²) in [6.45, 7) is 3.82. The molecule has 366 valence electrons. The van der Waals surface area contributed by atoms with Gasteiger partial charge >= 0.3 is 0 Å². The van der Waals surface area contributed by atoms with E-state index >= 15 is 13.6 Å². The molecule has 3 heterocycles. The topological polar surface area (TPSA) is 163 Å². The van der Waals surface area contributed by atoms with Gasteiger partial charge in [-0.1, -0.05) is 50.6 Å². The first-order chi connectivity index (χ1) is 32.9. The van der Waals surface area contributed by atoms with Crippen molar-refractivity contribution < 1.29 is 49.1 Å². The number of nitrogens with zero attached hydrogens (tertiary/aromatic N) is 7. The Kier molecular flexibility index (Phi) is 11.9. The molecule has 22 heteroatoms. The first kappa shape index (κ1) is 48.3. The van der Waals surface area contributed by atoms with Crippen molar-refractivity contribution in [2.24, 2.45) is 18.4 Å². The first-order valence-corrected chi connectivity index (χ1v) is 24.0. The van der Waals surface area contributed by atoms with Gasteiger partial charge in [0, 0.05) is 42.0 Å². The van der Waals surface area contributed by atoms with Gasteiger partial charge in [0.25, 0.3) is 17.9 Å². The van der Waals surface area contributed by atoms with Crippen LogP contribution < -0.4 is 19.9 Å². The number of aromatic nitrogens is 6. The highest BCUT2D eigenvalue weighted by molar-refractivity contribution is 7.92. The second-order valence-corrected chi connectivity index (χ2v) is 20.9. The molecule has 2 aliphatic carbocycles. The molecular formula is C48H43ClF6N8O6S.